The predicted octanol–water partition coefficient (Wildman–Crippen LogP) is 12.2. The summed E-state index contributed by atoms with van der Waals surface area (Å²) in [5.74, 6) is 2.00. The Labute approximate surface area is 353 Å². The number of ether oxygens (including phenoxy) is 1. The van der Waals surface area contributed by atoms with E-state index in [9.17, 15) is 4.39 Å². The SMILES string of the molecule is CC(C)c1cccc(C(C)C)c1-n1c(-c2[c-]ccc3c2OC2CCC=CC32)nc2nnc3ccccc3c21.[2H]C([2H])([2H])c1c[c-]c(-c2ccc(C(C)(C)C)cn2)c(F)c1.[Ir]. The molecule has 0 spiro atoms. The van der Waals surface area contributed by atoms with Crippen molar-refractivity contribution in [2.75, 3.05) is 0 Å². The Balaban J connectivity index is 0.000000212. The summed E-state index contributed by atoms with van der Waals surface area (Å²) in [6.07, 6.45) is 8.53. The van der Waals surface area contributed by atoms with E-state index in [1.54, 1.807) is 12.3 Å². The summed E-state index contributed by atoms with van der Waals surface area (Å²) in [7, 11) is 0. The molecule has 6 nitrogen and oxygen atoms in total. The van der Waals surface area contributed by atoms with E-state index in [4.69, 9.17) is 13.8 Å². The van der Waals surface area contributed by atoms with Gasteiger partial charge in [0.1, 0.15) is 0 Å². The Bertz CT molecular complexity index is 2690. The molecule has 0 saturated carbocycles. The van der Waals surface area contributed by atoms with E-state index < -0.39 is 12.7 Å². The van der Waals surface area contributed by atoms with E-state index in [1.807, 2.05) is 24.3 Å². The molecule has 9 rings (SSSR count). The molecular weight excluding hydrogens is 886 g/mol. The summed E-state index contributed by atoms with van der Waals surface area (Å²) < 4.78 is 44.9. The molecule has 0 N–H and O–H groups in total. The number of halogens is 1. The van der Waals surface area contributed by atoms with Crippen molar-refractivity contribution in [3.05, 3.63) is 143 Å². The number of aromatic nitrogens is 5. The molecule has 7 aromatic rings. The topological polar surface area (TPSA) is 65.7 Å². The quantitative estimate of drug-likeness (QED) is 0.127. The molecule has 1 radical (unpaired) electrons. The number of para-hydroxylation sites is 1. The van der Waals surface area contributed by atoms with Crippen LogP contribution in [0.4, 0.5) is 4.39 Å². The van der Waals surface area contributed by atoms with E-state index in [-0.39, 0.29) is 48.7 Å². The number of hydrogen-bond donors (Lipinski definition) is 0. The van der Waals surface area contributed by atoms with E-state index in [0.29, 0.717) is 23.2 Å². The zero-order valence-corrected chi connectivity index (χ0v) is 35.7. The van der Waals surface area contributed by atoms with Crippen LogP contribution in [0.1, 0.15) is 111 Å². The van der Waals surface area contributed by atoms with Gasteiger partial charge >= 0.3 is 0 Å². The van der Waals surface area contributed by atoms with Crippen LogP contribution in [0.5, 0.6) is 5.75 Å². The summed E-state index contributed by atoms with van der Waals surface area (Å²) in [5, 5.41) is 10.2. The maximum absolute atomic E-state index is 14.1. The molecule has 4 heterocycles. The van der Waals surface area contributed by atoms with Crippen LogP contribution < -0.4 is 4.74 Å². The first-order chi connectivity index (χ1) is 28.1. The molecule has 57 heavy (non-hydrogen) atoms. The van der Waals surface area contributed by atoms with Crippen LogP contribution in [0.15, 0.2) is 97.2 Å². The monoisotopic (exact) mass is 937 g/mol. The molecule has 2 unspecified atom stereocenters. The van der Waals surface area contributed by atoms with E-state index in [2.05, 4.69) is 129 Å². The molecule has 0 saturated heterocycles. The van der Waals surface area contributed by atoms with Crippen molar-refractivity contribution in [1.82, 2.24) is 24.7 Å². The van der Waals surface area contributed by atoms with Gasteiger partial charge < -0.3 is 14.3 Å². The fraction of sp³-hybridized carbons (Fsp3) is 0.306. The maximum Gasteiger partial charge on any atom is 0.191 e. The zero-order valence-electron chi connectivity index (χ0n) is 36.3. The summed E-state index contributed by atoms with van der Waals surface area (Å²) in [5.41, 5.74) is 9.89. The number of allylic oxidation sites excluding steroid dienone is 1. The third kappa shape index (κ3) is 7.58. The molecule has 1 aliphatic heterocycles. The summed E-state index contributed by atoms with van der Waals surface area (Å²) in [6, 6.07) is 31.2. The Morgan fingerprint density at radius 1 is 0.930 bits per heavy atom. The fourth-order valence-corrected chi connectivity index (χ4v) is 7.84. The van der Waals surface area contributed by atoms with Crippen molar-refractivity contribution < 1.29 is 33.3 Å². The first-order valence-electron chi connectivity index (χ1n) is 21.0. The van der Waals surface area contributed by atoms with Gasteiger partial charge in [-0.1, -0.05) is 133 Å². The van der Waals surface area contributed by atoms with Crippen molar-refractivity contribution in [3.63, 3.8) is 0 Å². The van der Waals surface area contributed by atoms with Crippen LogP contribution in [0.25, 0.3) is 50.4 Å². The van der Waals surface area contributed by atoms with Crippen molar-refractivity contribution >= 4 is 22.1 Å². The zero-order chi connectivity index (χ0) is 41.8. The van der Waals surface area contributed by atoms with Gasteiger partial charge in [0, 0.05) is 59.0 Å². The van der Waals surface area contributed by atoms with Gasteiger partial charge in [0.25, 0.3) is 0 Å². The van der Waals surface area contributed by atoms with Gasteiger partial charge in [0.05, 0.1) is 23.0 Å². The van der Waals surface area contributed by atoms with Gasteiger partial charge in [0.2, 0.25) is 0 Å². The molecule has 293 valence electrons. The first-order valence-corrected chi connectivity index (χ1v) is 19.5. The smallest absolute Gasteiger partial charge is 0.191 e. The maximum atomic E-state index is 14.1. The molecule has 0 amide bonds. The number of rotatable bonds is 5. The van der Waals surface area contributed by atoms with Gasteiger partial charge in [-0.2, -0.15) is 0 Å². The average Bonchev–Trinajstić information content (AvgIpc) is 3.79. The summed E-state index contributed by atoms with van der Waals surface area (Å²) in [6.45, 7) is 12.9. The van der Waals surface area contributed by atoms with Gasteiger partial charge in [0.15, 0.2) is 5.65 Å². The van der Waals surface area contributed by atoms with Crippen LogP contribution in [0.2, 0.25) is 0 Å². The first kappa shape index (κ1) is 36.3. The third-order valence-corrected chi connectivity index (χ3v) is 10.8. The van der Waals surface area contributed by atoms with Crippen LogP contribution in [0, 0.1) is 24.8 Å². The molecular formula is C49H48FIrN5O-2. The van der Waals surface area contributed by atoms with Crippen molar-refractivity contribution in [2.24, 2.45) is 0 Å². The number of pyridine rings is 1. The second-order valence-corrected chi connectivity index (χ2v) is 16.4. The number of hydrogen-bond acceptors (Lipinski definition) is 5. The summed E-state index contributed by atoms with van der Waals surface area (Å²) >= 11 is 0. The van der Waals surface area contributed by atoms with E-state index in [1.165, 1.54) is 28.4 Å². The van der Waals surface area contributed by atoms with E-state index >= 15 is 0 Å². The van der Waals surface area contributed by atoms with Gasteiger partial charge in [-0.15, -0.1) is 52.2 Å². The summed E-state index contributed by atoms with van der Waals surface area (Å²) in [4.78, 5) is 9.42. The number of nitrogens with zero attached hydrogens (tertiary/aromatic N) is 5. The second kappa shape index (κ2) is 16.1. The molecule has 0 bridgehead atoms. The Hall–Kier alpha value is -5.04. The molecule has 1 aliphatic carbocycles. The Kier molecular flexibility index (Phi) is 10.2. The van der Waals surface area contributed by atoms with Crippen LogP contribution in [-0.4, -0.2) is 30.8 Å². The standard InChI is InChI=1S/C33H31N4O.C16H17FN.Ir/c1-19(2)21-13-9-14-22(20(3)4)29(21)37-30-25-12-5-7-17-27(25)35-36-32(30)34-33(37)26-16-10-15-24-23-11-6-8-18-28(23)38-31(24)26;1-11-5-7-13(14(17)9-11)15-8-6-12(10-18-15)16(2,3)4;/h5-7,9-15,17,19-20,23,28H,8,18H2,1-4H3;5-6,8-10H,1-4H3;/q2*-1;/i;1D3;. The normalized spacial score (nSPS) is 16.9. The van der Waals surface area contributed by atoms with Crippen LogP contribution in [-0.2, 0) is 25.5 Å². The van der Waals surface area contributed by atoms with Gasteiger partial charge in [-0.25, -0.2) is 0 Å². The minimum absolute atomic E-state index is 0. The molecule has 4 aromatic carbocycles. The number of imidazole rings is 1. The largest absolute Gasteiger partial charge is 0.532 e. The van der Waals surface area contributed by atoms with Crippen LogP contribution in [0.3, 0.4) is 0 Å². The molecule has 2 aliphatic rings. The van der Waals surface area contributed by atoms with Crippen molar-refractivity contribution in [1.29, 1.82) is 0 Å². The molecule has 8 heteroatoms. The second-order valence-electron chi connectivity index (χ2n) is 16.4. The minimum Gasteiger partial charge on any atom is -0.532 e. The van der Waals surface area contributed by atoms with Gasteiger partial charge in [-0.3, -0.25) is 9.37 Å². The Morgan fingerprint density at radius 2 is 1.70 bits per heavy atom. The molecule has 2 atom stereocenters. The third-order valence-electron chi connectivity index (χ3n) is 10.8. The van der Waals surface area contributed by atoms with Crippen LogP contribution >= 0.6 is 0 Å². The predicted molar refractivity (Wildman–Crippen MR) is 224 cm³/mol. The number of benzene rings is 4. The minimum atomic E-state index is -2.33. The Morgan fingerprint density at radius 3 is 2.39 bits per heavy atom. The average molecular weight is 937 g/mol. The number of aryl methyl sites for hydroxylation is 1. The van der Waals surface area contributed by atoms with Crippen molar-refractivity contribution in [3.8, 4) is 34.1 Å². The number of fused-ring (bicyclic) bond motifs is 6. The van der Waals surface area contributed by atoms with E-state index in [0.717, 1.165) is 58.0 Å². The molecule has 0 fully saturated rings. The molecule has 3 aromatic heterocycles. The van der Waals surface area contributed by atoms with Crippen molar-refractivity contribution in [2.45, 2.75) is 97.4 Å². The van der Waals surface area contributed by atoms with Gasteiger partial charge in [-0.05, 0) is 58.5 Å². The fourth-order valence-electron chi connectivity index (χ4n) is 7.84.